The molecule has 0 bridgehead atoms. The molecule has 172 valence electrons. The van der Waals surface area contributed by atoms with E-state index >= 15 is 0 Å². The predicted octanol–water partition coefficient (Wildman–Crippen LogP) is 6.65. The molecule has 1 heterocycles. The molecule has 1 N–H and O–H groups in total. The molecule has 3 aromatic carbocycles. The fraction of sp³-hybridized carbons (Fsp3) is 0.0417. The topological polar surface area (TPSA) is 75.7 Å². The van der Waals surface area contributed by atoms with Crippen LogP contribution in [0.2, 0.25) is 15.1 Å². The molecule has 6 nitrogen and oxygen atoms in total. The summed E-state index contributed by atoms with van der Waals surface area (Å²) in [4.78, 5) is 39.0. The van der Waals surface area contributed by atoms with E-state index in [2.05, 4.69) is 21.2 Å². The first kappa shape index (κ1) is 24.3. The Labute approximate surface area is 218 Å². The number of urea groups is 1. The van der Waals surface area contributed by atoms with Crippen molar-refractivity contribution in [2.45, 2.75) is 6.61 Å². The number of nitrogens with zero attached hydrogens (tertiary/aromatic N) is 1. The van der Waals surface area contributed by atoms with E-state index in [9.17, 15) is 14.4 Å². The zero-order valence-corrected chi connectivity index (χ0v) is 21.0. The summed E-state index contributed by atoms with van der Waals surface area (Å²) in [7, 11) is 0. The SMILES string of the molecule is O=C1NC(=O)N(c2ccc(Br)cc2)C(=O)/C1=C/c1cc(Cl)cc(Cl)c1OCc1ccccc1Cl. The molecule has 1 saturated heterocycles. The number of rotatable bonds is 5. The molecular formula is C24H14BrCl3N2O4. The maximum Gasteiger partial charge on any atom is 0.335 e. The second-order valence-corrected chi connectivity index (χ2v) is 9.29. The number of benzene rings is 3. The molecule has 0 radical (unpaired) electrons. The van der Waals surface area contributed by atoms with Crippen LogP contribution in [0.1, 0.15) is 11.1 Å². The van der Waals surface area contributed by atoms with Crippen LogP contribution in [-0.2, 0) is 16.2 Å². The Morgan fingerprint density at radius 1 is 0.941 bits per heavy atom. The van der Waals surface area contributed by atoms with Gasteiger partial charge in [0.05, 0.1) is 10.7 Å². The zero-order chi connectivity index (χ0) is 24.4. The van der Waals surface area contributed by atoms with Gasteiger partial charge in [0.1, 0.15) is 17.9 Å². The summed E-state index contributed by atoms with van der Waals surface area (Å²) in [5.41, 5.74) is 1.01. The van der Waals surface area contributed by atoms with Crippen molar-refractivity contribution in [2.75, 3.05) is 4.90 Å². The Bertz CT molecular complexity index is 1340. The number of barbiturate groups is 1. The second kappa shape index (κ2) is 10.2. The summed E-state index contributed by atoms with van der Waals surface area (Å²) < 4.78 is 6.66. The van der Waals surface area contributed by atoms with E-state index in [4.69, 9.17) is 39.5 Å². The third kappa shape index (κ3) is 5.13. The molecule has 10 heteroatoms. The number of carbonyl (C=O) groups excluding carboxylic acids is 3. The van der Waals surface area contributed by atoms with E-state index in [1.807, 2.05) is 6.07 Å². The van der Waals surface area contributed by atoms with Crippen LogP contribution >= 0.6 is 50.7 Å². The van der Waals surface area contributed by atoms with Gasteiger partial charge in [-0.2, -0.15) is 0 Å². The average Bonchev–Trinajstić information content (AvgIpc) is 2.78. The molecule has 34 heavy (non-hydrogen) atoms. The first-order valence-electron chi connectivity index (χ1n) is 9.77. The van der Waals surface area contributed by atoms with Gasteiger partial charge in [0.15, 0.2) is 0 Å². The molecule has 1 aliphatic rings. The Kier molecular flexibility index (Phi) is 7.28. The first-order valence-corrected chi connectivity index (χ1v) is 11.7. The average molecular weight is 581 g/mol. The zero-order valence-electron chi connectivity index (χ0n) is 17.2. The van der Waals surface area contributed by atoms with Crippen LogP contribution < -0.4 is 15.0 Å². The predicted molar refractivity (Wildman–Crippen MR) is 135 cm³/mol. The number of anilines is 1. The summed E-state index contributed by atoms with van der Waals surface area (Å²) in [5, 5.41) is 3.14. The molecule has 0 spiro atoms. The number of nitrogens with one attached hydrogen (secondary N) is 1. The normalized spacial score (nSPS) is 15.0. The second-order valence-electron chi connectivity index (χ2n) is 7.12. The minimum Gasteiger partial charge on any atom is -0.487 e. The molecule has 0 unspecified atom stereocenters. The largest absolute Gasteiger partial charge is 0.487 e. The van der Waals surface area contributed by atoms with E-state index in [0.717, 1.165) is 9.37 Å². The van der Waals surface area contributed by atoms with Crippen molar-refractivity contribution in [3.05, 3.63) is 96.9 Å². The Morgan fingerprint density at radius 2 is 1.65 bits per heavy atom. The fourth-order valence-corrected chi connectivity index (χ4v) is 4.26. The van der Waals surface area contributed by atoms with Gasteiger partial charge in [-0.3, -0.25) is 14.9 Å². The summed E-state index contributed by atoms with van der Waals surface area (Å²) in [6.07, 6.45) is 1.29. The number of hydrogen-bond donors (Lipinski definition) is 1. The number of carbonyl (C=O) groups is 3. The van der Waals surface area contributed by atoms with Gasteiger partial charge in [-0.05, 0) is 48.5 Å². The van der Waals surface area contributed by atoms with Gasteiger partial charge in [0, 0.05) is 25.6 Å². The maximum absolute atomic E-state index is 13.2. The molecule has 0 saturated carbocycles. The van der Waals surface area contributed by atoms with Gasteiger partial charge in [-0.15, -0.1) is 0 Å². The summed E-state index contributed by atoms with van der Waals surface area (Å²) in [6.45, 7) is 0.0842. The van der Waals surface area contributed by atoms with Gasteiger partial charge in [0.25, 0.3) is 11.8 Å². The molecule has 0 atom stereocenters. The Hall–Kier alpha value is -2.84. The third-order valence-corrected chi connectivity index (χ3v) is 6.25. The van der Waals surface area contributed by atoms with E-state index in [0.29, 0.717) is 16.3 Å². The van der Waals surface area contributed by atoms with Crippen LogP contribution in [0.25, 0.3) is 6.08 Å². The fourth-order valence-electron chi connectivity index (χ4n) is 3.24. The highest BCUT2D eigenvalue weighted by Gasteiger charge is 2.37. The van der Waals surface area contributed by atoms with Crippen molar-refractivity contribution in [2.24, 2.45) is 0 Å². The third-order valence-electron chi connectivity index (χ3n) is 4.85. The summed E-state index contributed by atoms with van der Waals surface area (Å²) in [6, 6.07) is 15.8. The molecule has 3 aromatic rings. The Balaban J connectivity index is 1.72. The van der Waals surface area contributed by atoms with Crippen molar-refractivity contribution in [3.63, 3.8) is 0 Å². The lowest BCUT2D eigenvalue weighted by Crippen LogP contribution is -2.54. The molecule has 1 aliphatic heterocycles. The van der Waals surface area contributed by atoms with Crippen LogP contribution in [0.5, 0.6) is 5.75 Å². The quantitative estimate of drug-likeness (QED) is 0.271. The van der Waals surface area contributed by atoms with Gasteiger partial charge >= 0.3 is 6.03 Å². The number of ether oxygens (including phenoxy) is 1. The van der Waals surface area contributed by atoms with Gasteiger partial charge in [-0.25, -0.2) is 9.69 Å². The van der Waals surface area contributed by atoms with Gasteiger partial charge in [0.2, 0.25) is 0 Å². The molecule has 1 fully saturated rings. The van der Waals surface area contributed by atoms with Crippen molar-refractivity contribution in [1.29, 1.82) is 0 Å². The maximum atomic E-state index is 13.2. The molecule has 4 amide bonds. The van der Waals surface area contributed by atoms with Crippen LogP contribution in [-0.4, -0.2) is 17.8 Å². The lowest BCUT2D eigenvalue weighted by atomic mass is 10.1. The highest BCUT2D eigenvalue weighted by molar-refractivity contribution is 9.10. The Morgan fingerprint density at radius 3 is 2.35 bits per heavy atom. The summed E-state index contributed by atoms with van der Waals surface area (Å²) in [5.74, 6) is -1.45. The minimum absolute atomic E-state index is 0.0842. The van der Waals surface area contributed by atoms with E-state index in [1.165, 1.54) is 18.2 Å². The molecule has 0 aliphatic carbocycles. The van der Waals surface area contributed by atoms with Crippen molar-refractivity contribution in [3.8, 4) is 5.75 Å². The number of halogens is 4. The lowest BCUT2D eigenvalue weighted by Gasteiger charge is -2.26. The number of hydrogen-bond acceptors (Lipinski definition) is 4. The van der Waals surface area contributed by atoms with Crippen LogP contribution in [0.4, 0.5) is 10.5 Å². The molecule has 0 aromatic heterocycles. The van der Waals surface area contributed by atoms with Crippen molar-refractivity contribution >= 4 is 80.3 Å². The number of amides is 4. The summed E-state index contributed by atoms with van der Waals surface area (Å²) >= 11 is 22.0. The van der Waals surface area contributed by atoms with E-state index < -0.39 is 17.8 Å². The molecular weight excluding hydrogens is 567 g/mol. The van der Waals surface area contributed by atoms with E-state index in [1.54, 1.807) is 42.5 Å². The van der Waals surface area contributed by atoms with Gasteiger partial charge in [-0.1, -0.05) is 68.9 Å². The van der Waals surface area contributed by atoms with Crippen molar-refractivity contribution < 1.29 is 19.1 Å². The highest BCUT2D eigenvalue weighted by atomic mass is 79.9. The standard InChI is InChI=1S/C24H14BrCl3N2O4/c25-15-5-7-17(8-6-15)30-23(32)18(22(31)29-24(30)33)10-14-9-16(26)11-20(28)21(14)34-12-13-3-1-2-4-19(13)27/h1-11H,12H2,(H,29,31,33)/b18-10+. The first-order chi connectivity index (χ1) is 16.2. The molecule has 4 rings (SSSR count). The van der Waals surface area contributed by atoms with Crippen LogP contribution in [0.3, 0.4) is 0 Å². The van der Waals surface area contributed by atoms with Crippen LogP contribution in [0.15, 0.2) is 70.7 Å². The minimum atomic E-state index is -0.853. The van der Waals surface area contributed by atoms with Crippen molar-refractivity contribution in [1.82, 2.24) is 5.32 Å². The smallest absolute Gasteiger partial charge is 0.335 e. The monoisotopic (exact) mass is 578 g/mol. The van der Waals surface area contributed by atoms with Crippen LogP contribution in [0, 0.1) is 0 Å². The lowest BCUT2D eigenvalue weighted by molar-refractivity contribution is -0.122. The highest BCUT2D eigenvalue weighted by Crippen LogP contribution is 2.35. The number of imide groups is 2. The van der Waals surface area contributed by atoms with Gasteiger partial charge < -0.3 is 4.74 Å². The van der Waals surface area contributed by atoms with E-state index in [-0.39, 0.29) is 33.5 Å².